The lowest BCUT2D eigenvalue weighted by atomic mass is 10.0. The number of nitrogens with zero attached hydrogens (tertiary/aromatic N) is 3. The molecule has 0 bridgehead atoms. The van der Waals surface area contributed by atoms with Crippen molar-refractivity contribution < 1.29 is 0 Å². The molecule has 0 fully saturated rings. The second kappa shape index (κ2) is 5.02. The van der Waals surface area contributed by atoms with Crippen LogP contribution in [0.4, 0.5) is 5.95 Å². The summed E-state index contributed by atoms with van der Waals surface area (Å²) in [6.45, 7) is 0. The molecule has 4 heteroatoms. The number of allylic oxidation sites excluding steroid dienone is 4. The molecule has 1 aromatic heterocycles. The van der Waals surface area contributed by atoms with Crippen molar-refractivity contribution in [2.75, 3.05) is 5.73 Å². The Labute approximate surface area is 111 Å². The lowest BCUT2D eigenvalue weighted by Gasteiger charge is -2.09. The predicted octanol–water partition coefficient (Wildman–Crippen LogP) is 2.85. The number of rotatable bonds is 2. The summed E-state index contributed by atoms with van der Waals surface area (Å²) in [6, 6.07) is 9.81. The molecule has 0 saturated heterocycles. The molecule has 3 rings (SSSR count). The Balaban J connectivity index is 2.06. The van der Waals surface area contributed by atoms with E-state index in [4.69, 9.17) is 5.73 Å². The van der Waals surface area contributed by atoms with E-state index in [0.29, 0.717) is 11.6 Å². The maximum absolute atomic E-state index is 5.80. The Kier molecular flexibility index (Phi) is 3.06. The SMILES string of the molecule is Nc1nc(C2=CC=CCC2)nc(-c2ccccc2)n1. The van der Waals surface area contributed by atoms with Crippen LogP contribution in [0.3, 0.4) is 0 Å². The molecule has 19 heavy (non-hydrogen) atoms. The van der Waals surface area contributed by atoms with Crippen LogP contribution in [0, 0.1) is 0 Å². The van der Waals surface area contributed by atoms with E-state index in [2.05, 4.69) is 21.0 Å². The highest BCUT2D eigenvalue weighted by atomic mass is 15.1. The van der Waals surface area contributed by atoms with Gasteiger partial charge in [-0.3, -0.25) is 0 Å². The Morgan fingerprint density at radius 2 is 1.74 bits per heavy atom. The summed E-state index contributed by atoms with van der Waals surface area (Å²) >= 11 is 0. The van der Waals surface area contributed by atoms with Crippen LogP contribution in [-0.2, 0) is 0 Å². The highest BCUT2D eigenvalue weighted by molar-refractivity contribution is 5.66. The van der Waals surface area contributed by atoms with Crippen LogP contribution in [0.2, 0.25) is 0 Å². The van der Waals surface area contributed by atoms with Crippen LogP contribution in [0.5, 0.6) is 0 Å². The highest BCUT2D eigenvalue weighted by Crippen LogP contribution is 2.23. The Morgan fingerprint density at radius 1 is 0.947 bits per heavy atom. The third-order valence-corrected chi connectivity index (χ3v) is 2.99. The molecule has 1 aromatic carbocycles. The molecule has 0 aliphatic heterocycles. The average Bonchev–Trinajstić information content (AvgIpc) is 2.48. The topological polar surface area (TPSA) is 64.7 Å². The van der Waals surface area contributed by atoms with Gasteiger partial charge in [-0.15, -0.1) is 0 Å². The Bertz CT molecular complexity index is 644. The zero-order valence-corrected chi connectivity index (χ0v) is 10.5. The van der Waals surface area contributed by atoms with Crippen LogP contribution in [0.15, 0.2) is 48.6 Å². The molecule has 1 aliphatic carbocycles. The molecule has 1 heterocycles. The maximum Gasteiger partial charge on any atom is 0.224 e. The van der Waals surface area contributed by atoms with Crippen LogP contribution in [0.25, 0.3) is 17.0 Å². The number of hydrogen-bond donors (Lipinski definition) is 1. The van der Waals surface area contributed by atoms with E-state index in [1.807, 2.05) is 42.5 Å². The standard InChI is InChI=1S/C15H14N4/c16-15-18-13(11-7-3-1-4-8-11)17-14(19-15)12-9-5-2-6-10-12/h1-5,7-9H,6,10H2,(H2,16,17,18,19). The summed E-state index contributed by atoms with van der Waals surface area (Å²) < 4.78 is 0. The molecule has 0 unspecified atom stereocenters. The van der Waals surface area contributed by atoms with Gasteiger partial charge in [0.1, 0.15) is 0 Å². The molecule has 4 nitrogen and oxygen atoms in total. The molecule has 2 aromatic rings. The molecule has 94 valence electrons. The Morgan fingerprint density at radius 3 is 2.47 bits per heavy atom. The summed E-state index contributed by atoms with van der Waals surface area (Å²) in [5.74, 6) is 1.56. The van der Waals surface area contributed by atoms with Crippen LogP contribution >= 0.6 is 0 Å². The molecule has 0 radical (unpaired) electrons. The molecular formula is C15H14N4. The number of nitrogens with two attached hydrogens (primary N) is 1. The lowest BCUT2D eigenvalue weighted by Crippen LogP contribution is -2.05. The minimum absolute atomic E-state index is 0.263. The number of nitrogen functional groups attached to an aromatic ring is 1. The van der Waals surface area contributed by atoms with E-state index in [9.17, 15) is 0 Å². The van der Waals surface area contributed by atoms with Crippen molar-refractivity contribution in [3.8, 4) is 11.4 Å². The second-order valence-electron chi connectivity index (χ2n) is 4.37. The number of hydrogen-bond acceptors (Lipinski definition) is 4. The van der Waals surface area contributed by atoms with E-state index < -0.39 is 0 Å². The summed E-state index contributed by atoms with van der Waals surface area (Å²) in [5, 5.41) is 0. The molecule has 1 aliphatic rings. The zero-order chi connectivity index (χ0) is 13.1. The van der Waals surface area contributed by atoms with Crippen molar-refractivity contribution in [1.82, 2.24) is 15.0 Å². The summed E-state index contributed by atoms with van der Waals surface area (Å²) in [6.07, 6.45) is 8.15. The fourth-order valence-corrected chi connectivity index (χ4v) is 2.04. The third kappa shape index (κ3) is 2.52. The first-order valence-corrected chi connectivity index (χ1v) is 6.26. The van der Waals surface area contributed by atoms with Crippen molar-refractivity contribution in [2.24, 2.45) is 0 Å². The van der Waals surface area contributed by atoms with Gasteiger partial charge >= 0.3 is 0 Å². The van der Waals surface area contributed by atoms with E-state index in [1.165, 1.54) is 0 Å². The van der Waals surface area contributed by atoms with Crippen molar-refractivity contribution in [3.05, 3.63) is 54.4 Å². The lowest BCUT2D eigenvalue weighted by molar-refractivity contribution is 0.980. The van der Waals surface area contributed by atoms with Gasteiger partial charge in [0.05, 0.1) is 0 Å². The first kappa shape index (κ1) is 11.6. The normalized spacial score (nSPS) is 14.2. The number of benzene rings is 1. The minimum Gasteiger partial charge on any atom is -0.368 e. The van der Waals surface area contributed by atoms with Gasteiger partial charge in [0.25, 0.3) is 0 Å². The molecule has 0 spiro atoms. The van der Waals surface area contributed by atoms with Gasteiger partial charge in [0, 0.05) is 5.56 Å². The maximum atomic E-state index is 5.80. The summed E-state index contributed by atoms with van der Waals surface area (Å²) in [7, 11) is 0. The van der Waals surface area contributed by atoms with Gasteiger partial charge in [-0.25, -0.2) is 4.98 Å². The van der Waals surface area contributed by atoms with Gasteiger partial charge < -0.3 is 5.73 Å². The van der Waals surface area contributed by atoms with Gasteiger partial charge in [-0.1, -0.05) is 48.6 Å². The molecule has 0 saturated carbocycles. The van der Waals surface area contributed by atoms with Crippen LogP contribution in [0.1, 0.15) is 18.7 Å². The smallest absolute Gasteiger partial charge is 0.224 e. The third-order valence-electron chi connectivity index (χ3n) is 2.99. The second-order valence-corrected chi connectivity index (χ2v) is 4.37. The number of anilines is 1. The molecule has 0 atom stereocenters. The number of aromatic nitrogens is 3. The monoisotopic (exact) mass is 250 g/mol. The van der Waals surface area contributed by atoms with Gasteiger partial charge in [0.2, 0.25) is 5.95 Å². The molecular weight excluding hydrogens is 236 g/mol. The van der Waals surface area contributed by atoms with Gasteiger partial charge in [-0.2, -0.15) is 9.97 Å². The molecule has 2 N–H and O–H groups in total. The minimum atomic E-state index is 0.263. The molecule has 0 amide bonds. The Hall–Kier alpha value is -2.49. The van der Waals surface area contributed by atoms with Crippen LogP contribution < -0.4 is 5.73 Å². The first-order valence-electron chi connectivity index (χ1n) is 6.26. The highest BCUT2D eigenvalue weighted by Gasteiger charge is 2.11. The van der Waals surface area contributed by atoms with Crippen molar-refractivity contribution in [2.45, 2.75) is 12.8 Å². The van der Waals surface area contributed by atoms with E-state index >= 15 is 0 Å². The van der Waals surface area contributed by atoms with Crippen molar-refractivity contribution >= 4 is 11.5 Å². The summed E-state index contributed by atoms with van der Waals surface area (Å²) in [5.41, 5.74) is 7.85. The van der Waals surface area contributed by atoms with E-state index in [0.717, 1.165) is 24.0 Å². The largest absolute Gasteiger partial charge is 0.368 e. The zero-order valence-electron chi connectivity index (χ0n) is 10.5. The van der Waals surface area contributed by atoms with Gasteiger partial charge in [0.15, 0.2) is 11.6 Å². The van der Waals surface area contributed by atoms with E-state index in [1.54, 1.807) is 0 Å². The van der Waals surface area contributed by atoms with Crippen molar-refractivity contribution in [3.63, 3.8) is 0 Å². The first-order chi connectivity index (χ1) is 9.33. The van der Waals surface area contributed by atoms with E-state index in [-0.39, 0.29) is 5.95 Å². The van der Waals surface area contributed by atoms with Crippen LogP contribution in [-0.4, -0.2) is 15.0 Å². The fraction of sp³-hybridized carbons (Fsp3) is 0.133. The quantitative estimate of drug-likeness (QED) is 0.890. The summed E-state index contributed by atoms with van der Waals surface area (Å²) in [4.78, 5) is 13.0. The fourth-order valence-electron chi connectivity index (χ4n) is 2.04. The average molecular weight is 250 g/mol. The van der Waals surface area contributed by atoms with Gasteiger partial charge in [-0.05, 0) is 18.4 Å². The van der Waals surface area contributed by atoms with Crippen molar-refractivity contribution in [1.29, 1.82) is 0 Å². The predicted molar refractivity (Wildman–Crippen MR) is 76.0 cm³/mol.